The molecule has 2 aromatic heterocycles. The number of aryl methyl sites for hydroxylation is 1. The summed E-state index contributed by atoms with van der Waals surface area (Å²) in [6, 6.07) is 26.5. The largest absolute Gasteiger partial charge is 1.00 e. The lowest BCUT2D eigenvalue weighted by atomic mass is 9.85. The quantitative estimate of drug-likeness (QED) is 0.136. The third-order valence-corrected chi connectivity index (χ3v) is 10.9. The van der Waals surface area contributed by atoms with Gasteiger partial charge in [-0.2, -0.15) is 0 Å². The molecule has 0 atom stereocenters. The predicted molar refractivity (Wildman–Crippen MR) is 204 cm³/mol. The van der Waals surface area contributed by atoms with Crippen LogP contribution >= 0.6 is 23.2 Å². The second-order valence-corrected chi connectivity index (χ2v) is 15.0. The molecule has 0 aliphatic heterocycles. The topological polar surface area (TPSA) is 70.3 Å². The van der Waals surface area contributed by atoms with Crippen LogP contribution in [-0.2, 0) is 17.4 Å². The Bertz CT molecular complexity index is 1970. The van der Waals surface area contributed by atoms with Crippen molar-refractivity contribution in [2.75, 3.05) is 0 Å². The number of nitrogens with two attached hydrogens (primary N) is 1. The molecule has 0 spiro atoms. The lowest BCUT2D eigenvalue weighted by molar-refractivity contribution is -0.0000116. The van der Waals surface area contributed by atoms with Gasteiger partial charge >= 0.3 is 0 Å². The third-order valence-electron chi connectivity index (χ3n) is 10.3. The third kappa shape index (κ3) is 8.73. The summed E-state index contributed by atoms with van der Waals surface area (Å²) in [5, 5.41) is 1.53. The molecule has 3 aromatic carbocycles. The first kappa shape index (κ1) is 37.6. The van der Waals surface area contributed by atoms with Crippen LogP contribution in [0.25, 0.3) is 22.3 Å². The molecule has 0 saturated heterocycles. The summed E-state index contributed by atoms with van der Waals surface area (Å²) in [7, 11) is 0. The van der Waals surface area contributed by atoms with E-state index in [0.717, 1.165) is 82.3 Å². The summed E-state index contributed by atoms with van der Waals surface area (Å²) >= 11 is 12.6. The standard InChI is InChI=1S/C25H23Cl2NO.C17H18N2O.CH4.HI/c26-18-5-8-23(27)17(15-18)9-11-25(12-13-25)22-16-28-14-10-20(22)21-3-1-2-4-24(21)29-19-6-7-19;18-17(8-9-17)15-11-19-10-7-13(15)14-3-1-2-4-16(14)20-12-5-6-12;;/h1-5,8,10,14-16,19H,6-7,9,11-13H2;1-4,7,10-12H,5-6,8-9,18H2;1H4;1H/p-1. The number of pyridine rings is 2. The second-order valence-electron chi connectivity index (χ2n) is 14.1. The number of rotatable bonds is 11. The molecule has 266 valence electrons. The molecule has 9 rings (SSSR count). The Morgan fingerprint density at radius 3 is 1.73 bits per heavy atom. The van der Waals surface area contributed by atoms with E-state index in [0.29, 0.717) is 12.2 Å². The van der Waals surface area contributed by atoms with E-state index in [-0.39, 0.29) is 42.4 Å². The van der Waals surface area contributed by atoms with Crippen molar-refractivity contribution in [3.63, 3.8) is 0 Å². The van der Waals surface area contributed by atoms with Crippen molar-refractivity contribution >= 4 is 23.2 Å². The van der Waals surface area contributed by atoms with Crippen LogP contribution in [-0.4, -0.2) is 22.2 Å². The maximum Gasteiger partial charge on any atom is 0.127 e. The SMILES string of the molecule is C.Clc1ccc(Cl)c(CCC2(c3cnccc3-c3ccccc3OC3CC3)CC2)c1.NC1(c2cnccc2-c2ccccc2OC2CC2)CC1.[I-]. The van der Waals surface area contributed by atoms with Gasteiger partial charge in [-0.15, -0.1) is 0 Å². The van der Waals surface area contributed by atoms with Crippen molar-refractivity contribution in [2.45, 2.75) is 94.8 Å². The molecule has 2 N–H and O–H groups in total. The van der Waals surface area contributed by atoms with Gasteiger partial charge in [0, 0.05) is 51.5 Å². The molecule has 51 heavy (non-hydrogen) atoms. The van der Waals surface area contributed by atoms with Crippen molar-refractivity contribution in [1.29, 1.82) is 0 Å². The van der Waals surface area contributed by atoms with E-state index in [1.54, 1.807) is 0 Å². The minimum Gasteiger partial charge on any atom is -1.00 e. The van der Waals surface area contributed by atoms with Gasteiger partial charge in [0.2, 0.25) is 0 Å². The van der Waals surface area contributed by atoms with Gasteiger partial charge in [0.1, 0.15) is 11.5 Å². The maximum atomic E-state index is 6.41. The molecular weight excluding hydrogens is 788 g/mol. The highest BCUT2D eigenvalue weighted by Gasteiger charge is 2.46. The van der Waals surface area contributed by atoms with Crippen molar-refractivity contribution in [3.05, 3.63) is 130 Å². The van der Waals surface area contributed by atoms with E-state index in [1.165, 1.54) is 42.4 Å². The fraction of sp³-hybridized carbons (Fsp3) is 0.349. The van der Waals surface area contributed by atoms with E-state index in [9.17, 15) is 0 Å². The number of hydrogen-bond donors (Lipinski definition) is 1. The van der Waals surface area contributed by atoms with Crippen molar-refractivity contribution < 1.29 is 33.5 Å². The number of benzene rings is 3. The smallest absolute Gasteiger partial charge is 0.127 e. The average Bonchev–Trinajstić information content (AvgIpc) is 3.92. The minimum atomic E-state index is -0.184. The molecule has 4 aliphatic carbocycles. The molecule has 0 amide bonds. The van der Waals surface area contributed by atoms with Crippen LogP contribution in [0.3, 0.4) is 0 Å². The van der Waals surface area contributed by atoms with Gasteiger partial charge in [-0.3, -0.25) is 9.97 Å². The minimum absolute atomic E-state index is 0. The van der Waals surface area contributed by atoms with Crippen LogP contribution in [0.5, 0.6) is 11.5 Å². The highest BCUT2D eigenvalue weighted by Crippen LogP contribution is 2.55. The lowest BCUT2D eigenvalue weighted by Crippen LogP contribution is -3.00. The highest BCUT2D eigenvalue weighted by atomic mass is 127. The Hall–Kier alpha value is -3.17. The van der Waals surface area contributed by atoms with Gasteiger partial charge in [-0.1, -0.05) is 67.0 Å². The predicted octanol–water partition coefficient (Wildman–Crippen LogP) is 8.14. The zero-order chi connectivity index (χ0) is 33.4. The van der Waals surface area contributed by atoms with Crippen LogP contribution in [0.1, 0.15) is 81.9 Å². The molecule has 5 aromatic rings. The van der Waals surface area contributed by atoms with E-state index in [4.69, 9.17) is 38.4 Å². The van der Waals surface area contributed by atoms with Gasteiger partial charge < -0.3 is 39.2 Å². The molecular formula is C43H45Cl2IN3O2-. The van der Waals surface area contributed by atoms with Gasteiger partial charge in [0.15, 0.2) is 0 Å². The fourth-order valence-corrected chi connectivity index (χ4v) is 7.12. The molecule has 4 fully saturated rings. The van der Waals surface area contributed by atoms with Gasteiger partial charge in [-0.25, -0.2) is 0 Å². The van der Waals surface area contributed by atoms with Crippen molar-refractivity contribution in [1.82, 2.24) is 9.97 Å². The van der Waals surface area contributed by atoms with Crippen molar-refractivity contribution in [3.8, 4) is 33.8 Å². The Kier molecular flexibility index (Phi) is 11.7. The molecule has 0 unspecified atom stereocenters. The van der Waals surface area contributed by atoms with E-state index in [2.05, 4.69) is 64.7 Å². The second kappa shape index (κ2) is 15.8. The summed E-state index contributed by atoms with van der Waals surface area (Å²) < 4.78 is 12.2. The van der Waals surface area contributed by atoms with Crippen molar-refractivity contribution in [2.24, 2.45) is 5.73 Å². The molecule has 5 nitrogen and oxygen atoms in total. The van der Waals surface area contributed by atoms with E-state index >= 15 is 0 Å². The Labute approximate surface area is 329 Å². The highest BCUT2D eigenvalue weighted by molar-refractivity contribution is 6.33. The number of aromatic nitrogens is 2. The zero-order valence-corrected chi connectivity index (χ0v) is 31.6. The molecule has 4 saturated carbocycles. The zero-order valence-electron chi connectivity index (χ0n) is 28.0. The van der Waals surface area contributed by atoms with E-state index < -0.39 is 0 Å². The summed E-state index contributed by atoms with van der Waals surface area (Å²) in [4.78, 5) is 8.74. The molecule has 0 radical (unpaired) electrons. The lowest BCUT2D eigenvalue weighted by Gasteiger charge is -2.21. The first-order valence-corrected chi connectivity index (χ1v) is 18.3. The Balaban J connectivity index is 0.000000179. The monoisotopic (exact) mass is 832 g/mol. The van der Waals surface area contributed by atoms with Crippen LogP contribution in [0.4, 0.5) is 0 Å². The molecule has 8 heteroatoms. The van der Waals surface area contributed by atoms with Gasteiger partial charge in [0.05, 0.1) is 12.2 Å². The molecule has 0 bridgehead atoms. The average molecular weight is 834 g/mol. The van der Waals surface area contributed by atoms with E-state index in [1.807, 2.05) is 48.9 Å². The summed E-state index contributed by atoms with van der Waals surface area (Å²) in [5.74, 6) is 1.95. The first-order chi connectivity index (χ1) is 23.9. The number of para-hydroxylation sites is 2. The number of nitrogens with zero attached hydrogens (tertiary/aromatic N) is 2. The van der Waals surface area contributed by atoms with Crippen LogP contribution < -0.4 is 39.2 Å². The van der Waals surface area contributed by atoms with Crippen LogP contribution in [0, 0.1) is 0 Å². The summed E-state index contributed by atoms with van der Waals surface area (Å²) in [6.45, 7) is 0. The van der Waals surface area contributed by atoms with Gasteiger partial charge in [-0.05, 0) is 140 Å². The molecule has 4 aliphatic rings. The maximum absolute atomic E-state index is 6.41. The Morgan fingerprint density at radius 1 is 0.667 bits per heavy atom. The molecule has 2 heterocycles. The summed E-state index contributed by atoms with van der Waals surface area (Å²) in [6.07, 6.45) is 19.5. The van der Waals surface area contributed by atoms with Crippen LogP contribution in [0.2, 0.25) is 10.0 Å². The van der Waals surface area contributed by atoms with Crippen LogP contribution in [0.15, 0.2) is 104 Å². The first-order valence-electron chi connectivity index (χ1n) is 17.5. The summed E-state index contributed by atoms with van der Waals surface area (Å²) in [5.41, 5.74) is 14.7. The van der Waals surface area contributed by atoms with Gasteiger partial charge in [0.25, 0.3) is 0 Å². The number of ether oxygens (including phenoxy) is 2. The number of hydrogen-bond acceptors (Lipinski definition) is 5. The Morgan fingerprint density at radius 2 is 1.20 bits per heavy atom. The fourth-order valence-electron chi connectivity index (χ4n) is 6.71. The normalized spacial score (nSPS) is 17.5. The number of halogens is 3.